The first kappa shape index (κ1) is 26.4. The standard InChI is InChI=1S/C27H36F2O5S/c1-6-10-33-24(35)27(34-20(32)7-2)14(3)11-16-15-12-17(28)22-23(29)18(30)8-9-25(22,4)21(15)19(31)13-26(16,27)5/h8-9,14-17,19,21,31H,6-7,10-13H2,1-5H3/t14-,15-,16-,17-,19-,21+,25+,26-,27-/m0/s1. The van der Waals surface area contributed by atoms with Crippen molar-refractivity contribution in [3.05, 3.63) is 23.6 Å². The Kier molecular flexibility index (Phi) is 6.80. The molecule has 35 heavy (non-hydrogen) atoms. The Labute approximate surface area is 211 Å². The number of hydrogen-bond acceptors (Lipinski definition) is 6. The number of esters is 1. The Morgan fingerprint density at radius 3 is 2.60 bits per heavy atom. The van der Waals surface area contributed by atoms with Crippen molar-refractivity contribution in [3.8, 4) is 0 Å². The van der Waals surface area contributed by atoms with Crippen LogP contribution in [0, 0.1) is 34.5 Å². The van der Waals surface area contributed by atoms with Gasteiger partial charge in [0.25, 0.3) is 0 Å². The van der Waals surface area contributed by atoms with Gasteiger partial charge in [0, 0.05) is 34.7 Å². The highest BCUT2D eigenvalue weighted by molar-refractivity contribution is 7.80. The molecule has 0 saturated heterocycles. The highest BCUT2D eigenvalue weighted by Crippen LogP contribution is 2.70. The highest BCUT2D eigenvalue weighted by Gasteiger charge is 2.73. The van der Waals surface area contributed by atoms with Crippen molar-refractivity contribution in [3.63, 3.8) is 0 Å². The van der Waals surface area contributed by atoms with Crippen molar-refractivity contribution in [2.24, 2.45) is 34.5 Å². The largest absolute Gasteiger partial charge is 0.483 e. The number of carbonyl (C=O) groups excluding carboxylic acids is 2. The normalized spacial score (nSPS) is 44.4. The molecule has 4 rings (SSSR count). The van der Waals surface area contributed by atoms with Crippen molar-refractivity contribution >= 4 is 29.0 Å². The molecule has 4 aliphatic rings. The smallest absolute Gasteiger partial charge is 0.306 e. The molecule has 0 aliphatic heterocycles. The van der Waals surface area contributed by atoms with Crippen LogP contribution in [0.2, 0.25) is 0 Å². The third-order valence-electron chi connectivity index (χ3n) is 9.40. The molecular formula is C27H36F2O5S. The number of allylic oxidation sites excluding steroid dienone is 4. The molecule has 0 aromatic heterocycles. The fourth-order valence-corrected chi connectivity index (χ4v) is 8.56. The number of hydrogen-bond donors (Lipinski definition) is 1. The van der Waals surface area contributed by atoms with Gasteiger partial charge in [-0.3, -0.25) is 9.59 Å². The van der Waals surface area contributed by atoms with E-state index in [1.165, 1.54) is 0 Å². The first-order valence-electron chi connectivity index (χ1n) is 12.7. The van der Waals surface area contributed by atoms with E-state index in [4.69, 9.17) is 21.7 Å². The van der Waals surface area contributed by atoms with E-state index < -0.39 is 52.2 Å². The van der Waals surface area contributed by atoms with Crippen molar-refractivity contribution in [2.75, 3.05) is 6.61 Å². The molecule has 9 atom stereocenters. The van der Waals surface area contributed by atoms with Crippen LogP contribution in [-0.2, 0) is 19.1 Å². The van der Waals surface area contributed by atoms with Gasteiger partial charge >= 0.3 is 5.97 Å². The Bertz CT molecular complexity index is 994. The lowest BCUT2D eigenvalue weighted by Crippen LogP contribution is -2.64. The summed E-state index contributed by atoms with van der Waals surface area (Å²) >= 11 is 5.77. The van der Waals surface area contributed by atoms with Crippen LogP contribution in [0.3, 0.4) is 0 Å². The summed E-state index contributed by atoms with van der Waals surface area (Å²) in [5, 5.41) is 11.8. The predicted octanol–water partition coefficient (Wildman–Crippen LogP) is 5.20. The molecule has 5 nitrogen and oxygen atoms in total. The maximum absolute atomic E-state index is 15.6. The van der Waals surface area contributed by atoms with Crippen molar-refractivity contribution in [1.82, 2.24) is 0 Å². The molecule has 4 aliphatic carbocycles. The number of aliphatic hydroxyl groups excluding tert-OH is 1. The molecular weight excluding hydrogens is 474 g/mol. The number of ketones is 1. The van der Waals surface area contributed by atoms with E-state index in [1.807, 2.05) is 20.8 Å². The Hall–Kier alpha value is -1.67. The summed E-state index contributed by atoms with van der Waals surface area (Å²) in [6, 6.07) is 0. The minimum absolute atomic E-state index is 0.00541. The summed E-state index contributed by atoms with van der Waals surface area (Å²) in [5.41, 5.74) is -3.31. The zero-order chi connectivity index (χ0) is 25.9. The second kappa shape index (κ2) is 9.02. The van der Waals surface area contributed by atoms with Crippen LogP contribution in [-0.4, -0.2) is 46.4 Å². The summed E-state index contributed by atoms with van der Waals surface area (Å²) in [7, 11) is 0. The molecule has 0 amide bonds. The lowest BCUT2D eigenvalue weighted by Gasteiger charge is -2.60. The van der Waals surface area contributed by atoms with E-state index in [1.54, 1.807) is 19.9 Å². The maximum atomic E-state index is 15.6. The molecule has 0 bridgehead atoms. The number of alkyl halides is 1. The van der Waals surface area contributed by atoms with Crippen LogP contribution in [0.15, 0.2) is 23.6 Å². The minimum Gasteiger partial charge on any atom is -0.483 e. The van der Waals surface area contributed by atoms with Crippen LogP contribution >= 0.6 is 12.2 Å². The fourth-order valence-electron chi connectivity index (χ4n) is 8.00. The second-order valence-corrected chi connectivity index (χ2v) is 11.6. The molecule has 8 heteroatoms. The first-order valence-corrected chi connectivity index (χ1v) is 13.1. The van der Waals surface area contributed by atoms with Gasteiger partial charge in [-0.1, -0.05) is 40.7 Å². The molecule has 0 aromatic carbocycles. The number of ether oxygens (including phenoxy) is 2. The number of halogens is 2. The molecule has 3 saturated carbocycles. The Morgan fingerprint density at radius 1 is 1.29 bits per heavy atom. The molecule has 0 spiro atoms. The zero-order valence-electron chi connectivity index (χ0n) is 21.1. The van der Waals surface area contributed by atoms with Gasteiger partial charge in [0.2, 0.25) is 10.8 Å². The van der Waals surface area contributed by atoms with Crippen LogP contribution in [0.25, 0.3) is 0 Å². The molecule has 0 heterocycles. The number of carbonyl (C=O) groups is 2. The lowest BCUT2D eigenvalue weighted by atomic mass is 9.46. The number of rotatable bonds is 5. The fraction of sp³-hybridized carbons (Fsp3) is 0.741. The van der Waals surface area contributed by atoms with Gasteiger partial charge in [0.05, 0.1) is 12.7 Å². The number of aliphatic hydroxyl groups is 1. The first-order chi connectivity index (χ1) is 16.4. The second-order valence-electron chi connectivity index (χ2n) is 11.2. The SMILES string of the molecule is CCCOC(=S)[C@@]1(OC(=O)CC)[C@@H](C)C[C@H]2[C@@H]3C[C@H](F)C4=C(F)C(=O)C=C[C@]4(C)[C@H]3[C@@H](O)C[C@@]21C. The van der Waals surface area contributed by atoms with E-state index in [9.17, 15) is 19.1 Å². The van der Waals surface area contributed by atoms with E-state index in [0.29, 0.717) is 13.0 Å². The molecule has 3 fully saturated rings. The van der Waals surface area contributed by atoms with Crippen molar-refractivity contribution < 1.29 is 33.0 Å². The third kappa shape index (κ3) is 3.57. The number of fused-ring (bicyclic) bond motifs is 5. The summed E-state index contributed by atoms with van der Waals surface area (Å²) in [4.78, 5) is 24.7. The van der Waals surface area contributed by atoms with E-state index >= 15 is 4.39 Å². The average molecular weight is 511 g/mol. The van der Waals surface area contributed by atoms with Crippen LogP contribution in [0.4, 0.5) is 8.78 Å². The zero-order valence-corrected chi connectivity index (χ0v) is 21.9. The number of thiocarbonyl (C=S) groups is 1. The summed E-state index contributed by atoms with van der Waals surface area (Å²) in [5.74, 6) is -3.44. The predicted molar refractivity (Wildman–Crippen MR) is 131 cm³/mol. The van der Waals surface area contributed by atoms with Gasteiger partial charge in [-0.2, -0.15) is 0 Å². The lowest BCUT2D eigenvalue weighted by molar-refractivity contribution is -0.188. The highest BCUT2D eigenvalue weighted by atomic mass is 32.1. The molecule has 0 aromatic rings. The van der Waals surface area contributed by atoms with Crippen molar-refractivity contribution in [2.45, 2.75) is 84.6 Å². The molecule has 0 unspecified atom stereocenters. The summed E-state index contributed by atoms with van der Waals surface area (Å²) in [6.07, 6.45) is 1.87. The molecule has 194 valence electrons. The van der Waals surface area contributed by atoms with Crippen LogP contribution in [0.5, 0.6) is 0 Å². The third-order valence-corrected chi connectivity index (χ3v) is 9.82. The Morgan fingerprint density at radius 2 is 1.97 bits per heavy atom. The van der Waals surface area contributed by atoms with Gasteiger partial charge in [-0.05, 0) is 55.8 Å². The summed E-state index contributed by atoms with van der Waals surface area (Å²) < 4.78 is 42.6. The summed E-state index contributed by atoms with van der Waals surface area (Å²) in [6.45, 7) is 9.71. The van der Waals surface area contributed by atoms with E-state index in [2.05, 4.69) is 0 Å². The van der Waals surface area contributed by atoms with E-state index in [0.717, 1.165) is 12.5 Å². The molecule has 1 N–H and O–H groups in total. The Balaban J connectivity index is 1.82. The topological polar surface area (TPSA) is 72.8 Å². The van der Waals surface area contributed by atoms with Gasteiger partial charge < -0.3 is 14.6 Å². The van der Waals surface area contributed by atoms with Gasteiger partial charge in [0.1, 0.15) is 6.17 Å². The maximum Gasteiger partial charge on any atom is 0.306 e. The minimum atomic E-state index is -1.64. The molecule has 0 radical (unpaired) electrons. The quantitative estimate of drug-likeness (QED) is 0.405. The van der Waals surface area contributed by atoms with Gasteiger partial charge in [-0.25, -0.2) is 8.78 Å². The van der Waals surface area contributed by atoms with Crippen molar-refractivity contribution in [1.29, 1.82) is 0 Å². The van der Waals surface area contributed by atoms with Crippen LogP contribution in [0.1, 0.15) is 66.7 Å². The monoisotopic (exact) mass is 510 g/mol. The van der Waals surface area contributed by atoms with Gasteiger partial charge in [0.15, 0.2) is 11.4 Å². The van der Waals surface area contributed by atoms with E-state index in [-0.39, 0.29) is 47.6 Å². The van der Waals surface area contributed by atoms with Crippen LogP contribution < -0.4 is 0 Å². The van der Waals surface area contributed by atoms with Gasteiger partial charge in [-0.15, -0.1) is 0 Å². The average Bonchev–Trinajstić information content (AvgIpc) is 3.01.